The molecule has 0 amide bonds. The van der Waals surface area contributed by atoms with Gasteiger partial charge in [0.2, 0.25) is 0 Å². The predicted molar refractivity (Wildman–Crippen MR) is 125 cm³/mol. The standard InChI is InChI=1S/C26H34F3NO3/c1-6-32-23(31)16-30(5)19-10-13-21-17(15-19)7-14-22(24(21)26(27,28)29)33-20-11-8-18(9-12-20)25(2,3)4/h7,10,13-15,18,20H,6,8-9,11-12,16H2,1-5H3. The van der Waals surface area contributed by atoms with Gasteiger partial charge in [-0.1, -0.05) is 32.9 Å². The van der Waals surface area contributed by atoms with E-state index in [-0.39, 0.29) is 41.8 Å². The Morgan fingerprint density at radius 2 is 1.73 bits per heavy atom. The Morgan fingerprint density at radius 3 is 2.30 bits per heavy atom. The normalized spacial score (nSPS) is 19.4. The Hall–Kier alpha value is -2.44. The fourth-order valence-electron chi connectivity index (χ4n) is 4.64. The molecule has 0 saturated heterocycles. The molecule has 7 heteroatoms. The van der Waals surface area contributed by atoms with Crippen LogP contribution in [-0.2, 0) is 15.7 Å². The first kappa shape index (κ1) is 25.2. The molecule has 0 heterocycles. The van der Waals surface area contributed by atoms with Crippen LogP contribution in [0.3, 0.4) is 0 Å². The number of carbonyl (C=O) groups excluding carboxylic acids is 1. The van der Waals surface area contributed by atoms with E-state index in [4.69, 9.17) is 9.47 Å². The van der Waals surface area contributed by atoms with Gasteiger partial charge < -0.3 is 14.4 Å². The SMILES string of the molecule is CCOC(=O)CN(C)c1ccc2c(C(F)(F)F)c(OC3CCC(C(C)(C)C)CC3)ccc2c1. The van der Waals surface area contributed by atoms with Gasteiger partial charge in [0.15, 0.2) is 0 Å². The molecule has 2 aromatic carbocycles. The number of alkyl halides is 3. The van der Waals surface area contributed by atoms with E-state index in [1.807, 2.05) is 0 Å². The highest BCUT2D eigenvalue weighted by molar-refractivity contribution is 5.91. The minimum Gasteiger partial charge on any atom is -0.490 e. The van der Waals surface area contributed by atoms with Crippen molar-refractivity contribution in [2.75, 3.05) is 25.1 Å². The molecule has 0 aromatic heterocycles. The summed E-state index contributed by atoms with van der Waals surface area (Å²) >= 11 is 0. The van der Waals surface area contributed by atoms with E-state index in [9.17, 15) is 18.0 Å². The summed E-state index contributed by atoms with van der Waals surface area (Å²) in [4.78, 5) is 13.4. The fourth-order valence-corrected chi connectivity index (χ4v) is 4.64. The zero-order valence-electron chi connectivity index (χ0n) is 20.1. The second-order valence-electron chi connectivity index (χ2n) is 9.96. The maximum Gasteiger partial charge on any atom is 0.420 e. The minimum atomic E-state index is -4.55. The molecule has 33 heavy (non-hydrogen) atoms. The van der Waals surface area contributed by atoms with Crippen molar-refractivity contribution in [3.63, 3.8) is 0 Å². The molecule has 1 saturated carbocycles. The highest BCUT2D eigenvalue weighted by Gasteiger charge is 2.38. The summed E-state index contributed by atoms with van der Waals surface area (Å²) in [5.74, 6) is 0.0592. The van der Waals surface area contributed by atoms with Gasteiger partial charge in [-0.05, 0) is 72.9 Å². The molecular weight excluding hydrogens is 431 g/mol. The van der Waals surface area contributed by atoms with Crippen LogP contribution in [0.5, 0.6) is 5.75 Å². The Balaban J connectivity index is 1.85. The van der Waals surface area contributed by atoms with E-state index < -0.39 is 11.7 Å². The molecule has 182 valence electrons. The summed E-state index contributed by atoms with van der Waals surface area (Å²) in [7, 11) is 1.70. The molecule has 4 nitrogen and oxygen atoms in total. The third-order valence-corrected chi connectivity index (χ3v) is 6.55. The van der Waals surface area contributed by atoms with E-state index in [0.717, 1.165) is 25.7 Å². The van der Waals surface area contributed by atoms with Gasteiger partial charge in [0.1, 0.15) is 17.9 Å². The summed E-state index contributed by atoms with van der Waals surface area (Å²) in [5.41, 5.74) is 0.0961. The molecule has 2 aromatic rings. The van der Waals surface area contributed by atoms with Crippen LogP contribution in [0.4, 0.5) is 18.9 Å². The Morgan fingerprint density at radius 1 is 1.06 bits per heavy atom. The lowest BCUT2D eigenvalue weighted by Crippen LogP contribution is -2.31. The number of carbonyl (C=O) groups is 1. The lowest BCUT2D eigenvalue weighted by molar-refractivity contribution is -0.141. The van der Waals surface area contributed by atoms with Crippen molar-refractivity contribution < 1.29 is 27.4 Å². The highest BCUT2D eigenvalue weighted by Crippen LogP contribution is 2.44. The Kier molecular flexibility index (Phi) is 7.49. The molecule has 1 aliphatic carbocycles. The van der Waals surface area contributed by atoms with Gasteiger partial charge >= 0.3 is 12.1 Å². The third kappa shape index (κ3) is 6.12. The second kappa shape index (κ2) is 9.82. The molecule has 0 spiro atoms. The largest absolute Gasteiger partial charge is 0.490 e. The van der Waals surface area contributed by atoms with Gasteiger partial charge in [0, 0.05) is 12.7 Å². The lowest BCUT2D eigenvalue weighted by atomic mass is 9.72. The third-order valence-electron chi connectivity index (χ3n) is 6.55. The van der Waals surface area contributed by atoms with Gasteiger partial charge in [0.05, 0.1) is 12.7 Å². The quantitative estimate of drug-likeness (QED) is 0.438. The van der Waals surface area contributed by atoms with Crippen molar-refractivity contribution >= 4 is 22.4 Å². The molecule has 0 unspecified atom stereocenters. The van der Waals surface area contributed by atoms with Crippen molar-refractivity contribution in [1.29, 1.82) is 0 Å². The zero-order chi connectivity index (χ0) is 24.4. The van der Waals surface area contributed by atoms with Crippen LogP contribution in [-0.4, -0.2) is 32.3 Å². The number of esters is 1. The van der Waals surface area contributed by atoms with Crippen molar-refractivity contribution in [3.8, 4) is 5.75 Å². The van der Waals surface area contributed by atoms with Crippen molar-refractivity contribution in [3.05, 3.63) is 35.9 Å². The van der Waals surface area contributed by atoms with Gasteiger partial charge in [-0.3, -0.25) is 4.79 Å². The number of rotatable bonds is 6. The second-order valence-corrected chi connectivity index (χ2v) is 9.96. The van der Waals surface area contributed by atoms with E-state index in [1.54, 1.807) is 37.1 Å². The molecule has 0 radical (unpaired) electrons. The minimum absolute atomic E-state index is 0.0178. The smallest absolute Gasteiger partial charge is 0.420 e. The van der Waals surface area contributed by atoms with Crippen molar-refractivity contribution in [1.82, 2.24) is 0 Å². The molecular formula is C26H34F3NO3. The Bertz CT molecular complexity index is 973. The molecule has 1 fully saturated rings. The zero-order valence-corrected chi connectivity index (χ0v) is 20.1. The van der Waals surface area contributed by atoms with E-state index in [0.29, 0.717) is 17.0 Å². The van der Waals surface area contributed by atoms with Crippen molar-refractivity contribution in [2.45, 2.75) is 65.7 Å². The first-order valence-electron chi connectivity index (χ1n) is 11.6. The number of likely N-dealkylation sites (N-methyl/N-ethyl adjacent to an activating group) is 1. The maximum atomic E-state index is 14.1. The predicted octanol–water partition coefficient (Wildman–Crippen LogP) is 6.84. The lowest BCUT2D eigenvalue weighted by Gasteiger charge is -2.37. The van der Waals surface area contributed by atoms with E-state index in [2.05, 4.69) is 20.8 Å². The number of nitrogens with zero attached hydrogens (tertiary/aromatic N) is 1. The van der Waals surface area contributed by atoms with Crippen LogP contribution >= 0.6 is 0 Å². The molecule has 0 N–H and O–H groups in total. The number of hydrogen-bond acceptors (Lipinski definition) is 4. The molecule has 0 bridgehead atoms. The summed E-state index contributed by atoms with van der Waals surface area (Å²) in [6.07, 6.45) is -1.32. The van der Waals surface area contributed by atoms with Crippen LogP contribution in [0.2, 0.25) is 0 Å². The van der Waals surface area contributed by atoms with E-state index >= 15 is 0 Å². The maximum absolute atomic E-state index is 14.1. The molecule has 1 aliphatic rings. The average molecular weight is 466 g/mol. The first-order chi connectivity index (χ1) is 15.4. The molecule has 3 rings (SSSR count). The molecule has 0 atom stereocenters. The monoisotopic (exact) mass is 465 g/mol. The van der Waals surface area contributed by atoms with Crippen molar-refractivity contribution in [2.24, 2.45) is 11.3 Å². The summed E-state index contributed by atoms with van der Waals surface area (Å²) < 4.78 is 53.2. The number of fused-ring (bicyclic) bond motifs is 1. The van der Waals surface area contributed by atoms with E-state index in [1.165, 1.54) is 12.1 Å². The molecule has 0 aliphatic heterocycles. The number of benzene rings is 2. The van der Waals surface area contributed by atoms with Crippen LogP contribution in [0.25, 0.3) is 10.8 Å². The van der Waals surface area contributed by atoms with Crippen LogP contribution < -0.4 is 9.64 Å². The van der Waals surface area contributed by atoms with Crippen LogP contribution in [0.1, 0.15) is 58.9 Å². The Labute approximate surface area is 194 Å². The highest BCUT2D eigenvalue weighted by atomic mass is 19.4. The first-order valence-corrected chi connectivity index (χ1v) is 11.6. The van der Waals surface area contributed by atoms with Gasteiger partial charge in [-0.2, -0.15) is 13.2 Å². The summed E-state index contributed by atoms with van der Waals surface area (Å²) in [6.45, 7) is 8.65. The fraction of sp³-hybridized carbons (Fsp3) is 0.577. The number of ether oxygens (including phenoxy) is 2. The van der Waals surface area contributed by atoms with Gasteiger partial charge in [-0.15, -0.1) is 0 Å². The number of anilines is 1. The topological polar surface area (TPSA) is 38.8 Å². The number of halogens is 3. The van der Waals surface area contributed by atoms with Gasteiger partial charge in [0.25, 0.3) is 0 Å². The number of hydrogen-bond donors (Lipinski definition) is 0. The average Bonchev–Trinajstić information content (AvgIpc) is 2.72. The summed E-state index contributed by atoms with van der Waals surface area (Å²) in [6, 6.07) is 7.79. The summed E-state index contributed by atoms with van der Waals surface area (Å²) in [5, 5.41) is 0.538. The van der Waals surface area contributed by atoms with Crippen LogP contribution in [0, 0.1) is 11.3 Å². The van der Waals surface area contributed by atoms with Gasteiger partial charge in [-0.25, -0.2) is 0 Å². The van der Waals surface area contributed by atoms with Crippen LogP contribution in [0.15, 0.2) is 30.3 Å².